The van der Waals surface area contributed by atoms with Crippen molar-refractivity contribution < 1.29 is 0 Å². The summed E-state index contributed by atoms with van der Waals surface area (Å²) in [5.41, 5.74) is 0.556. The first-order valence-electron chi connectivity index (χ1n) is 5.55. The fraction of sp³-hybridized carbons (Fsp3) is 0.462. The molecule has 16 heavy (non-hydrogen) atoms. The van der Waals surface area contributed by atoms with E-state index in [1.54, 1.807) is 6.07 Å². The van der Waals surface area contributed by atoms with E-state index in [1.165, 1.54) is 6.42 Å². The summed E-state index contributed by atoms with van der Waals surface area (Å²) in [4.78, 5) is 0. The van der Waals surface area contributed by atoms with Gasteiger partial charge in [-0.2, -0.15) is 5.26 Å². The van der Waals surface area contributed by atoms with Crippen LogP contribution in [0, 0.1) is 11.3 Å². The van der Waals surface area contributed by atoms with Crippen LogP contribution in [0.1, 0.15) is 37.7 Å². The molecule has 0 radical (unpaired) electrons. The van der Waals surface area contributed by atoms with Gasteiger partial charge in [0.25, 0.3) is 0 Å². The maximum Gasteiger partial charge on any atom is 0.0836 e. The van der Waals surface area contributed by atoms with E-state index in [4.69, 9.17) is 23.2 Å². The number of nitriles is 1. The lowest BCUT2D eigenvalue weighted by molar-refractivity contribution is 0.366. The van der Waals surface area contributed by atoms with Gasteiger partial charge in [0.05, 0.1) is 11.5 Å². The average molecular weight is 254 g/mol. The van der Waals surface area contributed by atoms with E-state index >= 15 is 0 Å². The van der Waals surface area contributed by atoms with Gasteiger partial charge >= 0.3 is 0 Å². The Balaban J connectivity index is 2.44. The van der Waals surface area contributed by atoms with E-state index in [2.05, 4.69) is 6.07 Å². The largest absolute Gasteiger partial charge is 0.197 e. The van der Waals surface area contributed by atoms with Gasteiger partial charge in [0.15, 0.2) is 0 Å². The normalized spacial score (nSPS) is 19.1. The Bertz CT molecular complexity index is 428. The van der Waals surface area contributed by atoms with Crippen molar-refractivity contribution in [2.45, 2.75) is 37.5 Å². The second kappa shape index (κ2) is 4.65. The Hall–Kier alpha value is -0.710. The first-order valence-corrected chi connectivity index (χ1v) is 6.30. The lowest BCUT2D eigenvalue weighted by Gasteiger charge is -2.31. The van der Waals surface area contributed by atoms with Gasteiger partial charge in [0, 0.05) is 10.0 Å². The maximum absolute atomic E-state index is 9.45. The van der Waals surface area contributed by atoms with E-state index in [-0.39, 0.29) is 5.41 Å². The van der Waals surface area contributed by atoms with Crippen molar-refractivity contribution in [1.29, 1.82) is 5.26 Å². The quantitative estimate of drug-likeness (QED) is 0.711. The first-order chi connectivity index (χ1) is 7.68. The summed E-state index contributed by atoms with van der Waals surface area (Å²) in [7, 11) is 0. The van der Waals surface area contributed by atoms with Crippen LogP contribution < -0.4 is 0 Å². The van der Waals surface area contributed by atoms with Crippen LogP contribution in [-0.2, 0) is 5.41 Å². The van der Waals surface area contributed by atoms with Crippen molar-refractivity contribution in [3.8, 4) is 6.07 Å². The molecule has 1 nitrogen and oxygen atoms in total. The highest BCUT2D eigenvalue weighted by Crippen LogP contribution is 2.42. The number of hydrogen-bond acceptors (Lipinski definition) is 1. The molecule has 2 rings (SSSR count). The molecule has 0 spiro atoms. The Labute approximate surface area is 106 Å². The van der Waals surface area contributed by atoms with Crippen LogP contribution in [0.2, 0.25) is 10.0 Å². The molecule has 84 valence electrons. The Kier molecular flexibility index (Phi) is 3.42. The molecule has 1 fully saturated rings. The summed E-state index contributed by atoms with van der Waals surface area (Å²) in [5, 5.41) is 10.7. The molecule has 0 aliphatic heterocycles. The van der Waals surface area contributed by atoms with Gasteiger partial charge in [-0.3, -0.25) is 0 Å². The van der Waals surface area contributed by atoms with Crippen LogP contribution in [0.15, 0.2) is 18.2 Å². The minimum Gasteiger partial charge on any atom is -0.197 e. The molecule has 0 bridgehead atoms. The Morgan fingerprint density at radius 1 is 1.12 bits per heavy atom. The summed E-state index contributed by atoms with van der Waals surface area (Å²) >= 11 is 12.1. The molecule has 0 heterocycles. The van der Waals surface area contributed by atoms with Crippen LogP contribution in [0.3, 0.4) is 0 Å². The second-order valence-electron chi connectivity index (χ2n) is 4.38. The zero-order chi connectivity index (χ0) is 11.6. The lowest BCUT2D eigenvalue weighted by Crippen LogP contribution is -2.27. The van der Waals surface area contributed by atoms with Crippen LogP contribution in [0.25, 0.3) is 0 Å². The standard InChI is InChI=1S/C13H13Cl2N/c14-10-4-5-11(12(15)8-10)13(9-16)6-2-1-3-7-13/h4-5,8H,1-3,6-7H2. The average Bonchev–Trinajstić information content (AvgIpc) is 2.30. The van der Waals surface area contributed by atoms with E-state index in [0.29, 0.717) is 10.0 Å². The first kappa shape index (κ1) is 11.8. The summed E-state index contributed by atoms with van der Waals surface area (Å²) in [6.45, 7) is 0. The highest BCUT2D eigenvalue weighted by molar-refractivity contribution is 6.35. The highest BCUT2D eigenvalue weighted by Gasteiger charge is 2.35. The number of hydrogen-bond donors (Lipinski definition) is 0. The molecule has 1 aliphatic carbocycles. The third-order valence-electron chi connectivity index (χ3n) is 3.37. The van der Waals surface area contributed by atoms with Crippen molar-refractivity contribution in [1.82, 2.24) is 0 Å². The van der Waals surface area contributed by atoms with Gasteiger partial charge in [-0.05, 0) is 30.5 Å². The van der Waals surface area contributed by atoms with Gasteiger partial charge in [-0.25, -0.2) is 0 Å². The molecule has 0 aromatic heterocycles. The zero-order valence-electron chi connectivity index (χ0n) is 8.97. The van der Waals surface area contributed by atoms with Gasteiger partial charge in [0.1, 0.15) is 0 Å². The molecule has 0 saturated heterocycles. The highest BCUT2D eigenvalue weighted by atomic mass is 35.5. The molecule has 0 atom stereocenters. The monoisotopic (exact) mass is 253 g/mol. The van der Waals surface area contributed by atoms with Crippen LogP contribution >= 0.6 is 23.2 Å². The van der Waals surface area contributed by atoms with Gasteiger partial charge < -0.3 is 0 Å². The van der Waals surface area contributed by atoms with E-state index < -0.39 is 0 Å². The zero-order valence-corrected chi connectivity index (χ0v) is 10.5. The molecule has 3 heteroatoms. The predicted octanol–water partition coefficient (Wildman–Crippen LogP) is 4.72. The number of nitrogens with zero attached hydrogens (tertiary/aromatic N) is 1. The van der Waals surface area contributed by atoms with Crippen molar-refractivity contribution in [3.63, 3.8) is 0 Å². The fourth-order valence-electron chi connectivity index (χ4n) is 2.47. The predicted molar refractivity (Wildman–Crippen MR) is 66.8 cm³/mol. The molecule has 1 aliphatic rings. The lowest BCUT2D eigenvalue weighted by atomic mass is 9.70. The topological polar surface area (TPSA) is 23.8 Å². The van der Waals surface area contributed by atoms with Gasteiger partial charge in [-0.1, -0.05) is 48.5 Å². The van der Waals surface area contributed by atoms with Crippen LogP contribution in [0.5, 0.6) is 0 Å². The number of rotatable bonds is 1. The second-order valence-corrected chi connectivity index (χ2v) is 5.22. The maximum atomic E-state index is 9.45. The van der Waals surface area contributed by atoms with Crippen molar-refractivity contribution >= 4 is 23.2 Å². The molecular formula is C13H13Cl2N. The van der Waals surface area contributed by atoms with Crippen LogP contribution in [0.4, 0.5) is 0 Å². The Morgan fingerprint density at radius 2 is 1.81 bits per heavy atom. The smallest absolute Gasteiger partial charge is 0.0836 e. The molecule has 1 aromatic rings. The minimum absolute atomic E-state index is 0.389. The summed E-state index contributed by atoms with van der Waals surface area (Å²) in [5.74, 6) is 0. The fourth-order valence-corrected chi connectivity index (χ4v) is 3.06. The van der Waals surface area contributed by atoms with E-state index in [9.17, 15) is 5.26 Å². The van der Waals surface area contributed by atoms with Crippen molar-refractivity contribution in [2.24, 2.45) is 0 Å². The van der Waals surface area contributed by atoms with Crippen LogP contribution in [-0.4, -0.2) is 0 Å². The number of benzene rings is 1. The molecule has 0 unspecified atom stereocenters. The van der Waals surface area contributed by atoms with Gasteiger partial charge in [-0.15, -0.1) is 0 Å². The minimum atomic E-state index is -0.389. The molecule has 1 saturated carbocycles. The van der Waals surface area contributed by atoms with Crippen molar-refractivity contribution in [2.75, 3.05) is 0 Å². The summed E-state index contributed by atoms with van der Waals surface area (Å²) < 4.78 is 0. The molecular weight excluding hydrogens is 241 g/mol. The third-order valence-corrected chi connectivity index (χ3v) is 3.92. The molecule has 0 N–H and O–H groups in total. The van der Waals surface area contributed by atoms with Gasteiger partial charge in [0.2, 0.25) is 0 Å². The summed E-state index contributed by atoms with van der Waals surface area (Å²) in [6, 6.07) is 7.91. The molecule has 1 aromatic carbocycles. The SMILES string of the molecule is N#CC1(c2ccc(Cl)cc2Cl)CCCCC1. The summed E-state index contributed by atoms with van der Waals surface area (Å²) in [6.07, 6.45) is 5.24. The molecule has 0 amide bonds. The Morgan fingerprint density at radius 3 is 2.38 bits per heavy atom. The van der Waals surface area contributed by atoms with E-state index in [1.807, 2.05) is 12.1 Å². The van der Waals surface area contributed by atoms with E-state index in [0.717, 1.165) is 31.2 Å². The third kappa shape index (κ3) is 2.05. The van der Waals surface area contributed by atoms with Crippen molar-refractivity contribution in [3.05, 3.63) is 33.8 Å². The number of halogens is 2.